The zero-order valence-electron chi connectivity index (χ0n) is 12.0. The van der Waals surface area contributed by atoms with Gasteiger partial charge in [-0.15, -0.1) is 0 Å². The van der Waals surface area contributed by atoms with Crippen molar-refractivity contribution in [3.63, 3.8) is 0 Å². The molecule has 2 unspecified atom stereocenters. The SMILES string of the molecule is O=C(C1CCOC2(CCCCC2)C1)C1CCCCN1. The Morgan fingerprint density at radius 3 is 2.63 bits per heavy atom. The zero-order chi connectivity index (χ0) is 13.1. The van der Waals surface area contributed by atoms with Gasteiger partial charge in [0.05, 0.1) is 11.6 Å². The molecule has 3 heteroatoms. The molecule has 1 aliphatic carbocycles. The van der Waals surface area contributed by atoms with Gasteiger partial charge in [-0.2, -0.15) is 0 Å². The first-order valence-electron chi connectivity index (χ1n) is 8.20. The lowest BCUT2D eigenvalue weighted by atomic mass is 9.74. The molecule has 19 heavy (non-hydrogen) atoms. The fraction of sp³-hybridized carbons (Fsp3) is 0.938. The highest BCUT2D eigenvalue weighted by molar-refractivity contribution is 5.86. The van der Waals surface area contributed by atoms with Crippen LogP contribution in [0.4, 0.5) is 0 Å². The molecule has 2 atom stereocenters. The van der Waals surface area contributed by atoms with Crippen molar-refractivity contribution in [3.8, 4) is 0 Å². The van der Waals surface area contributed by atoms with E-state index >= 15 is 0 Å². The lowest BCUT2D eigenvalue weighted by Crippen LogP contribution is -2.49. The third kappa shape index (κ3) is 3.03. The number of hydrogen-bond donors (Lipinski definition) is 1. The van der Waals surface area contributed by atoms with Crippen molar-refractivity contribution < 1.29 is 9.53 Å². The number of nitrogens with one attached hydrogen (secondary N) is 1. The molecule has 0 amide bonds. The molecular formula is C16H27NO2. The number of ether oxygens (including phenoxy) is 1. The minimum absolute atomic E-state index is 0.0610. The van der Waals surface area contributed by atoms with Crippen LogP contribution >= 0.6 is 0 Å². The predicted molar refractivity (Wildman–Crippen MR) is 75.1 cm³/mol. The van der Waals surface area contributed by atoms with Gasteiger partial charge in [0, 0.05) is 12.5 Å². The maximum atomic E-state index is 12.7. The average molecular weight is 265 g/mol. The van der Waals surface area contributed by atoms with Crippen LogP contribution in [-0.2, 0) is 9.53 Å². The van der Waals surface area contributed by atoms with E-state index in [9.17, 15) is 4.79 Å². The van der Waals surface area contributed by atoms with Crippen molar-refractivity contribution in [3.05, 3.63) is 0 Å². The van der Waals surface area contributed by atoms with Gasteiger partial charge < -0.3 is 10.1 Å². The van der Waals surface area contributed by atoms with Gasteiger partial charge in [-0.05, 0) is 45.1 Å². The summed E-state index contributed by atoms with van der Waals surface area (Å²) in [6.07, 6.45) is 11.7. The Morgan fingerprint density at radius 2 is 1.89 bits per heavy atom. The van der Waals surface area contributed by atoms with E-state index in [1.54, 1.807) is 0 Å². The summed E-state index contributed by atoms with van der Waals surface area (Å²) in [6, 6.07) is 0.137. The van der Waals surface area contributed by atoms with Gasteiger partial charge in [0.25, 0.3) is 0 Å². The topological polar surface area (TPSA) is 38.3 Å². The van der Waals surface area contributed by atoms with E-state index in [1.807, 2.05) is 0 Å². The van der Waals surface area contributed by atoms with Gasteiger partial charge in [0.2, 0.25) is 0 Å². The number of ketones is 1. The number of carbonyl (C=O) groups excluding carboxylic acids is 1. The van der Waals surface area contributed by atoms with E-state index in [4.69, 9.17) is 4.74 Å². The van der Waals surface area contributed by atoms with E-state index in [2.05, 4.69) is 5.32 Å². The molecule has 3 rings (SSSR count). The van der Waals surface area contributed by atoms with E-state index in [0.717, 1.165) is 32.4 Å². The Labute approximate surface area is 116 Å². The van der Waals surface area contributed by atoms with E-state index in [-0.39, 0.29) is 17.6 Å². The third-order valence-corrected chi connectivity index (χ3v) is 5.31. The van der Waals surface area contributed by atoms with Gasteiger partial charge >= 0.3 is 0 Å². The monoisotopic (exact) mass is 265 g/mol. The molecule has 1 N–H and O–H groups in total. The van der Waals surface area contributed by atoms with Crippen LogP contribution in [-0.4, -0.2) is 30.6 Å². The summed E-state index contributed by atoms with van der Waals surface area (Å²) in [5, 5.41) is 3.42. The minimum Gasteiger partial charge on any atom is -0.375 e. The third-order valence-electron chi connectivity index (χ3n) is 5.31. The van der Waals surface area contributed by atoms with Crippen molar-refractivity contribution in [2.75, 3.05) is 13.2 Å². The second kappa shape index (κ2) is 5.92. The summed E-state index contributed by atoms with van der Waals surface area (Å²) in [7, 11) is 0. The molecule has 2 heterocycles. The Morgan fingerprint density at radius 1 is 1.05 bits per heavy atom. The highest BCUT2D eigenvalue weighted by Gasteiger charge is 2.42. The van der Waals surface area contributed by atoms with E-state index in [1.165, 1.54) is 44.9 Å². The summed E-state index contributed by atoms with van der Waals surface area (Å²) in [5.41, 5.74) is 0.0610. The standard InChI is InChI=1S/C16H27NO2/c18-15(14-6-2-5-10-17-14)13-7-11-19-16(12-13)8-3-1-4-9-16/h13-14,17H,1-12H2. The average Bonchev–Trinajstić information content (AvgIpc) is 2.48. The Kier molecular flexibility index (Phi) is 4.23. The number of piperidine rings is 1. The quantitative estimate of drug-likeness (QED) is 0.834. The first kappa shape index (κ1) is 13.6. The molecule has 108 valence electrons. The molecule has 1 saturated carbocycles. The first-order valence-corrected chi connectivity index (χ1v) is 8.20. The Bertz CT molecular complexity index is 311. The highest BCUT2D eigenvalue weighted by Crippen LogP contribution is 2.41. The fourth-order valence-corrected chi connectivity index (χ4v) is 4.19. The summed E-state index contributed by atoms with van der Waals surface area (Å²) >= 11 is 0. The van der Waals surface area contributed by atoms with Gasteiger partial charge in [-0.3, -0.25) is 4.79 Å². The van der Waals surface area contributed by atoms with Crippen LogP contribution in [0.15, 0.2) is 0 Å². The molecule has 3 aliphatic rings. The molecule has 1 spiro atoms. The molecule has 3 fully saturated rings. The molecule has 0 bridgehead atoms. The summed E-state index contributed by atoms with van der Waals surface area (Å²) in [6.45, 7) is 1.81. The van der Waals surface area contributed by atoms with Gasteiger partial charge in [-0.1, -0.05) is 25.7 Å². The maximum absolute atomic E-state index is 12.7. The van der Waals surface area contributed by atoms with Crippen molar-refractivity contribution in [1.29, 1.82) is 0 Å². The number of rotatable bonds is 2. The zero-order valence-corrected chi connectivity index (χ0v) is 12.0. The molecule has 0 aromatic carbocycles. The first-order chi connectivity index (χ1) is 9.29. The largest absolute Gasteiger partial charge is 0.375 e. The second-order valence-electron chi connectivity index (χ2n) is 6.69. The molecular weight excluding hydrogens is 238 g/mol. The number of Topliss-reactive ketones (excluding diaryl/α,β-unsaturated/α-hetero) is 1. The summed E-state index contributed by atoms with van der Waals surface area (Å²) < 4.78 is 6.10. The molecule has 2 aliphatic heterocycles. The van der Waals surface area contributed by atoms with Gasteiger partial charge in [0.1, 0.15) is 0 Å². The van der Waals surface area contributed by atoms with Crippen molar-refractivity contribution in [2.45, 2.75) is 75.9 Å². The molecule has 0 aromatic heterocycles. The van der Waals surface area contributed by atoms with Gasteiger partial charge in [-0.25, -0.2) is 0 Å². The van der Waals surface area contributed by atoms with Crippen LogP contribution in [0.2, 0.25) is 0 Å². The Hall–Kier alpha value is -0.410. The lowest BCUT2D eigenvalue weighted by Gasteiger charge is -2.44. The lowest BCUT2D eigenvalue weighted by molar-refractivity contribution is -0.144. The van der Waals surface area contributed by atoms with Crippen LogP contribution in [0.25, 0.3) is 0 Å². The van der Waals surface area contributed by atoms with Crippen LogP contribution in [0.5, 0.6) is 0 Å². The molecule has 0 radical (unpaired) electrons. The van der Waals surface area contributed by atoms with E-state index in [0.29, 0.717) is 5.78 Å². The number of carbonyl (C=O) groups is 1. The predicted octanol–water partition coefficient (Wildman–Crippen LogP) is 2.83. The van der Waals surface area contributed by atoms with Crippen molar-refractivity contribution in [1.82, 2.24) is 5.32 Å². The van der Waals surface area contributed by atoms with Crippen molar-refractivity contribution >= 4 is 5.78 Å². The maximum Gasteiger partial charge on any atom is 0.153 e. The van der Waals surface area contributed by atoms with E-state index < -0.39 is 0 Å². The van der Waals surface area contributed by atoms with Crippen LogP contribution in [0.3, 0.4) is 0 Å². The van der Waals surface area contributed by atoms with Crippen LogP contribution in [0.1, 0.15) is 64.2 Å². The summed E-state index contributed by atoms with van der Waals surface area (Å²) in [4.78, 5) is 12.7. The smallest absolute Gasteiger partial charge is 0.153 e. The highest BCUT2D eigenvalue weighted by atomic mass is 16.5. The Balaban J connectivity index is 1.62. The normalized spacial score (nSPS) is 35.2. The second-order valence-corrected chi connectivity index (χ2v) is 6.69. The van der Waals surface area contributed by atoms with Crippen LogP contribution in [0, 0.1) is 5.92 Å². The molecule has 2 saturated heterocycles. The van der Waals surface area contributed by atoms with Crippen molar-refractivity contribution in [2.24, 2.45) is 5.92 Å². The molecule has 0 aromatic rings. The summed E-state index contributed by atoms with van der Waals surface area (Å²) in [5.74, 6) is 0.732. The van der Waals surface area contributed by atoms with Crippen LogP contribution < -0.4 is 5.32 Å². The number of hydrogen-bond acceptors (Lipinski definition) is 3. The minimum atomic E-state index is 0.0610. The van der Waals surface area contributed by atoms with Gasteiger partial charge in [0.15, 0.2) is 5.78 Å². The fourth-order valence-electron chi connectivity index (χ4n) is 4.19. The molecule has 3 nitrogen and oxygen atoms in total.